The zero-order valence-corrected chi connectivity index (χ0v) is 14.1. The molecular formula is C18H21N3O4. The van der Waals surface area contributed by atoms with Crippen LogP contribution >= 0.6 is 0 Å². The van der Waals surface area contributed by atoms with Crippen molar-refractivity contribution < 1.29 is 14.3 Å². The standard InChI is InChI=1S/C18H21N3O4/c1-11-6-2-5-9-14(11)19-15(22)10-25-18(24)16-12-7-3-4-8-13(12)17(23)21-20-16/h3-4,7-8,11,14H,2,5-6,9-10H2,1H3,(H,19,22)(H,21,23). The monoisotopic (exact) mass is 343 g/mol. The number of rotatable bonds is 4. The van der Waals surface area contributed by atoms with E-state index in [2.05, 4.69) is 22.4 Å². The molecule has 25 heavy (non-hydrogen) atoms. The molecule has 0 spiro atoms. The first-order valence-corrected chi connectivity index (χ1v) is 8.50. The zero-order chi connectivity index (χ0) is 17.8. The number of carbonyl (C=O) groups excluding carboxylic acids is 2. The first kappa shape index (κ1) is 17.1. The van der Waals surface area contributed by atoms with Crippen molar-refractivity contribution in [2.45, 2.75) is 38.6 Å². The molecule has 1 aliphatic carbocycles. The summed E-state index contributed by atoms with van der Waals surface area (Å²) < 4.78 is 5.08. The Labute approximate surface area is 144 Å². The zero-order valence-electron chi connectivity index (χ0n) is 14.1. The topological polar surface area (TPSA) is 101 Å². The van der Waals surface area contributed by atoms with E-state index in [9.17, 15) is 14.4 Å². The maximum atomic E-state index is 12.2. The van der Waals surface area contributed by atoms with Gasteiger partial charge < -0.3 is 10.1 Å². The Balaban J connectivity index is 1.64. The average Bonchev–Trinajstić information content (AvgIpc) is 2.62. The normalized spacial score (nSPS) is 20.2. The summed E-state index contributed by atoms with van der Waals surface area (Å²) in [4.78, 5) is 36.0. The van der Waals surface area contributed by atoms with Crippen LogP contribution in [0.15, 0.2) is 29.1 Å². The molecule has 0 bridgehead atoms. The van der Waals surface area contributed by atoms with Crippen molar-refractivity contribution in [3.63, 3.8) is 0 Å². The smallest absolute Gasteiger partial charge is 0.359 e. The fraction of sp³-hybridized carbons (Fsp3) is 0.444. The number of hydrogen-bond acceptors (Lipinski definition) is 5. The number of carbonyl (C=O) groups is 2. The van der Waals surface area contributed by atoms with Gasteiger partial charge in [-0.1, -0.05) is 38.0 Å². The van der Waals surface area contributed by atoms with Gasteiger partial charge in [0, 0.05) is 11.4 Å². The van der Waals surface area contributed by atoms with Gasteiger partial charge in [0.05, 0.1) is 5.39 Å². The number of aromatic nitrogens is 2. The lowest BCUT2D eigenvalue weighted by molar-refractivity contribution is -0.125. The van der Waals surface area contributed by atoms with Crippen molar-refractivity contribution >= 4 is 22.6 Å². The first-order chi connectivity index (χ1) is 12.1. The number of H-pyrrole nitrogens is 1. The lowest BCUT2D eigenvalue weighted by Crippen LogP contribution is -2.42. The van der Waals surface area contributed by atoms with Crippen molar-refractivity contribution in [1.29, 1.82) is 0 Å². The van der Waals surface area contributed by atoms with E-state index < -0.39 is 5.97 Å². The van der Waals surface area contributed by atoms with Gasteiger partial charge in [-0.3, -0.25) is 9.59 Å². The van der Waals surface area contributed by atoms with E-state index in [-0.39, 0.29) is 29.8 Å². The highest BCUT2D eigenvalue weighted by Gasteiger charge is 2.23. The van der Waals surface area contributed by atoms with E-state index in [0.29, 0.717) is 16.7 Å². The third kappa shape index (κ3) is 3.87. The fourth-order valence-corrected chi connectivity index (χ4v) is 3.25. The summed E-state index contributed by atoms with van der Waals surface area (Å²) in [5, 5.41) is 9.72. The fourth-order valence-electron chi connectivity index (χ4n) is 3.25. The van der Waals surface area contributed by atoms with Gasteiger partial charge in [0.15, 0.2) is 12.3 Å². The molecule has 2 unspecified atom stereocenters. The second-order valence-electron chi connectivity index (χ2n) is 6.46. The van der Waals surface area contributed by atoms with E-state index >= 15 is 0 Å². The van der Waals surface area contributed by atoms with E-state index in [1.165, 1.54) is 6.42 Å². The Morgan fingerprint density at radius 1 is 1.24 bits per heavy atom. The summed E-state index contributed by atoms with van der Waals surface area (Å²) >= 11 is 0. The number of ether oxygens (including phenoxy) is 1. The highest BCUT2D eigenvalue weighted by atomic mass is 16.5. The number of benzene rings is 1. The molecule has 7 nitrogen and oxygen atoms in total. The van der Waals surface area contributed by atoms with E-state index in [4.69, 9.17) is 4.74 Å². The molecule has 2 N–H and O–H groups in total. The third-order valence-corrected chi connectivity index (χ3v) is 4.68. The Morgan fingerprint density at radius 3 is 2.72 bits per heavy atom. The first-order valence-electron chi connectivity index (χ1n) is 8.50. The minimum atomic E-state index is -0.737. The lowest BCUT2D eigenvalue weighted by atomic mass is 9.86. The molecule has 1 aromatic heterocycles. The minimum absolute atomic E-state index is 0.00552. The maximum Gasteiger partial charge on any atom is 0.359 e. The molecule has 1 fully saturated rings. The summed E-state index contributed by atoms with van der Waals surface area (Å²) in [7, 11) is 0. The van der Waals surface area contributed by atoms with Crippen molar-refractivity contribution in [3.8, 4) is 0 Å². The highest BCUT2D eigenvalue weighted by molar-refractivity contribution is 6.02. The van der Waals surface area contributed by atoms with Crippen LogP contribution in [-0.4, -0.2) is 34.7 Å². The van der Waals surface area contributed by atoms with Gasteiger partial charge in [-0.2, -0.15) is 5.10 Å². The van der Waals surface area contributed by atoms with Crippen molar-refractivity contribution in [1.82, 2.24) is 15.5 Å². The third-order valence-electron chi connectivity index (χ3n) is 4.68. The van der Waals surface area contributed by atoms with Gasteiger partial charge >= 0.3 is 5.97 Å². The van der Waals surface area contributed by atoms with Gasteiger partial charge in [0.2, 0.25) is 0 Å². The molecular weight excluding hydrogens is 322 g/mol. The summed E-state index contributed by atoms with van der Waals surface area (Å²) in [6.07, 6.45) is 4.33. The van der Waals surface area contributed by atoms with Gasteiger partial charge in [-0.05, 0) is 24.8 Å². The second kappa shape index (κ2) is 7.46. The van der Waals surface area contributed by atoms with Crippen molar-refractivity contribution in [3.05, 3.63) is 40.3 Å². The van der Waals surface area contributed by atoms with Crippen LogP contribution in [0.5, 0.6) is 0 Å². The molecule has 1 saturated carbocycles. The van der Waals surface area contributed by atoms with Crippen LogP contribution in [-0.2, 0) is 9.53 Å². The number of aromatic amines is 1. The van der Waals surface area contributed by atoms with Crippen LogP contribution in [0.3, 0.4) is 0 Å². The minimum Gasteiger partial charge on any atom is -0.451 e. The van der Waals surface area contributed by atoms with Gasteiger partial charge in [-0.25, -0.2) is 9.89 Å². The lowest BCUT2D eigenvalue weighted by Gasteiger charge is -2.29. The quantitative estimate of drug-likeness (QED) is 0.824. The Hall–Kier alpha value is -2.70. The van der Waals surface area contributed by atoms with E-state index in [1.54, 1.807) is 24.3 Å². The number of hydrogen-bond donors (Lipinski definition) is 2. The van der Waals surface area contributed by atoms with Crippen LogP contribution in [0.4, 0.5) is 0 Å². The molecule has 0 radical (unpaired) electrons. The predicted molar refractivity (Wildman–Crippen MR) is 92.2 cm³/mol. The summed E-state index contributed by atoms with van der Waals surface area (Å²) in [6, 6.07) is 6.76. The van der Waals surface area contributed by atoms with Gasteiger partial charge in [0.25, 0.3) is 11.5 Å². The molecule has 7 heteroatoms. The summed E-state index contributed by atoms with van der Waals surface area (Å²) in [5.41, 5.74) is -0.384. The Bertz CT molecular complexity index is 846. The van der Waals surface area contributed by atoms with Crippen LogP contribution < -0.4 is 10.9 Å². The molecule has 1 amide bonds. The van der Waals surface area contributed by atoms with Gasteiger partial charge in [-0.15, -0.1) is 0 Å². The maximum absolute atomic E-state index is 12.2. The number of esters is 1. The number of nitrogens with zero attached hydrogens (tertiary/aromatic N) is 1. The molecule has 2 aromatic rings. The Morgan fingerprint density at radius 2 is 1.96 bits per heavy atom. The SMILES string of the molecule is CC1CCCCC1NC(=O)COC(=O)c1n[nH]c(=O)c2ccccc12. The summed E-state index contributed by atoms with van der Waals surface area (Å²) in [5.74, 6) is -0.627. The number of nitrogens with one attached hydrogen (secondary N) is 2. The largest absolute Gasteiger partial charge is 0.451 e. The summed E-state index contributed by atoms with van der Waals surface area (Å²) in [6.45, 7) is 1.75. The molecule has 1 aromatic carbocycles. The molecule has 3 rings (SSSR count). The second-order valence-corrected chi connectivity index (χ2v) is 6.46. The molecule has 0 saturated heterocycles. The number of fused-ring (bicyclic) bond motifs is 1. The van der Waals surface area contributed by atoms with E-state index in [1.807, 2.05) is 0 Å². The molecule has 1 aliphatic rings. The van der Waals surface area contributed by atoms with Crippen LogP contribution in [0, 0.1) is 5.92 Å². The van der Waals surface area contributed by atoms with Gasteiger partial charge in [0.1, 0.15) is 0 Å². The Kier molecular flexibility index (Phi) is 5.11. The molecule has 0 aliphatic heterocycles. The van der Waals surface area contributed by atoms with Crippen LogP contribution in [0.1, 0.15) is 43.1 Å². The highest BCUT2D eigenvalue weighted by Crippen LogP contribution is 2.23. The molecule has 2 atom stereocenters. The molecule has 1 heterocycles. The molecule has 132 valence electrons. The van der Waals surface area contributed by atoms with Crippen molar-refractivity contribution in [2.75, 3.05) is 6.61 Å². The van der Waals surface area contributed by atoms with Crippen molar-refractivity contribution in [2.24, 2.45) is 5.92 Å². The average molecular weight is 343 g/mol. The predicted octanol–water partition coefficient (Wildman–Crippen LogP) is 1.77. The number of amides is 1. The van der Waals surface area contributed by atoms with Crippen LogP contribution in [0.25, 0.3) is 10.8 Å². The van der Waals surface area contributed by atoms with E-state index in [0.717, 1.165) is 19.3 Å². The van der Waals surface area contributed by atoms with Crippen LogP contribution in [0.2, 0.25) is 0 Å².